The first-order valence-electron chi connectivity index (χ1n) is 12.2. The summed E-state index contributed by atoms with van der Waals surface area (Å²) in [4.78, 5) is 52.8. The lowest BCUT2D eigenvalue weighted by molar-refractivity contribution is -0.157. The van der Waals surface area contributed by atoms with Gasteiger partial charge in [-0.05, 0) is 66.7 Å². The van der Waals surface area contributed by atoms with Crippen LogP contribution in [-0.4, -0.2) is 64.1 Å². The number of rotatable bonds is 8. The number of alkyl carbamates (subject to hydrolysis) is 1. The van der Waals surface area contributed by atoms with Crippen molar-refractivity contribution >= 4 is 23.9 Å². The molecule has 0 unspecified atom stereocenters. The minimum atomic E-state index is -0.901. The first kappa shape index (κ1) is 29.9. The van der Waals surface area contributed by atoms with E-state index in [1.165, 1.54) is 4.90 Å². The summed E-state index contributed by atoms with van der Waals surface area (Å²) < 4.78 is 10.8. The number of carbonyl (C=O) groups is 4. The molecule has 196 valence electrons. The highest BCUT2D eigenvalue weighted by atomic mass is 16.6. The van der Waals surface area contributed by atoms with Crippen molar-refractivity contribution in [2.75, 3.05) is 0 Å². The van der Waals surface area contributed by atoms with Crippen LogP contribution in [0, 0.1) is 11.8 Å². The molecule has 3 amide bonds. The SMILES string of the molecule is CC(C)C[C@H](NC(=O)OC(C)(C)C)C(=O)N1C(=O)C[C@H](N[C@@H](C)C(=O)OC(C)(C)C)[C@@H]1C(C)C. The van der Waals surface area contributed by atoms with Crippen LogP contribution in [0.5, 0.6) is 0 Å². The van der Waals surface area contributed by atoms with Crippen LogP contribution in [-0.2, 0) is 23.9 Å². The van der Waals surface area contributed by atoms with Crippen LogP contribution >= 0.6 is 0 Å². The van der Waals surface area contributed by atoms with Gasteiger partial charge in [-0.15, -0.1) is 0 Å². The molecule has 4 atom stereocenters. The Morgan fingerprint density at radius 2 is 1.50 bits per heavy atom. The lowest BCUT2D eigenvalue weighted by Gasteiger charge is -2.34. The fourth-order valence-electron chi connectivity index (χ4n) is 4.03. The van der Waals surface area contributed by atoms with Crippen LogP contribution in [0.1, 0.15) is 89.0 Å². The third kappa shape index (κ3) is 9.24. The summed E-state index contributed by atoms with van der Waals surface area (Å²) in [6.45, 7) is 20.0. The van der Waals surface area contributed by atoms with E-state index < -0.39 is 53.3 Å². The Labute approximate surface area is 204 Å². The smallest absolute Gasteiger partial charge is 0.408 e. The van der Waals surface area contributed by atoms with Gasteiger partial charge in [-0.25, -0.2) is 4.79 Å². The van der Waals surface area contributed by atoms with E-state index in [1.807, 2.05) is 27.7 Å². The minimum Gasteiger partial charge on any atom is -0.459 e. The highest BCUT2D eigenvalue weighted by molar-refractivity contribution is 6.01. The maximum atomic E-state index is 13.6. The number of nitrogens with zero attached hydrogens (tertiary/aromatic N) is 1. The number of likely N-dealkylation sites (tertiary alicyclic amines) is 1. The molecule has 1 heterocycles. The fourth-order valence-corrected chi connectivity index (χ4v) is 4.03. The van der Waals surface area contributed by atoms with E-state index in [0.717, 1.165) is 0 Å². The molecule has 9 heteroatoms. The average Bonchev–Trinajstić information content (AvgIpc) is 2.92. The topological polar surface area (TPSA) is 114 Å². The van der Waals surface area contributed by atoms with Crippen LogP contribution in [0.25, 0.3) is 0 Å². The molecule has 1 aliphatic rings. The van der Waals surface area contributed by atoms with E-state index in [1.54, 1.807) is 48.5 Å². The fraction of sp³-hybridized carbons (Fsp3) is 0.840. The molecule has 0 aromatic carbocycles. The number of hydrogen-bond donors (Lipinski definition) is 2. The molecule has 1 aliphatic heterocycles. The quantitative estimate of drug-likeness (QED) is 0.509. The monoisotopic (exact) mass is 483 g/mol. The highest BCUT2D eigenvalue weighted by Crippen LogP contribution is 2.28. The van der Waals surface area contributed by atoms with Gasteiger partial charge in [0.2, 0.25) is 5.91 Å². The third-order valence-electron chi connectivity index (χ3n) is 5.21. The molecule has 0 aromatic heterocycles. The van der Waals surface area contributed by atoms with E-state index in [-0.39, 0.29) is 24.2 Å². The summed E-state index contributed by atoms with van der Waals surface area (Å²) in [7, 11) is 0. The zero-order valence-corrected chi connectivity index (χ0v) is 22.8. The van der Waals surface area contributed by atoms with Gasteiger partial charge in [0.1, 0.15) is 23.3 Å². The molecule has 0 saturated carbocycles. The van der Waals surface area contributed by atoms with Gasteiger partial charge in [-0.3, -0.25) is 24.6 Å². The Morgan fingerprint density at radius 3 is 1.94 bits per heavy atom. The van der Waals surface area contributed by atoms with Crippen LogP contribution < -0.4 is 10.6 Å². The molecule has 1 fully saturated rings. The highest BCUT2D eigenvalue weighted by Gasteiger charge is 2.47. The first-order chi connectivity index (χ1) is 15.3. The van der Waals surface area contributed by atoms with Gasteiger partial charge in [-0.1, -0.05) is 27.7 Å². The van der Waals surface area contributed by atoms with E-state index in [9.17, 15) is 19.2 Å². The summed E-state index contributed by atoms with van der Waals surface area (Å²) in [5, 5.41) is 5.86. The van der Waals surface area contributed by atoms with Crippen molar-refractivity contribution in [2.24, 2.45) is 11.8 Å². The van der Waals surface area contributed by atoms with Crippen LogP contribution in [0.4, 0.5) is 4.79 Å². The largest absolute Gasteiger partial charge is 0.459 e. The summed E-state index contributed by atoms with van der Waals surface area (Å²) in [6, 6.07) is -2.44. The maximum absolute atomic E-state index is 13.6. The summed E-state index contributed by atoms with van der Waals surface area (Å²) in [5.41, 5.74) is -1.35. The van der Waals surface area contributed by atoms with Gasteiger partial charge in [-0.2, -0.15) is 0 Å². The number of amides is 3. The lowest BCUT2D eigenvalue weighted by atomic mass is 9.95. The molecule has 1 saturated heterocycles. The number of ether oxygens (including phenoxy) is 2. The number of carbonyl (C=O) groups excluding carboxylic acids is 4. The van der Waals surface area contributed by atoms with Gasteiger partial charge in [0.15, 0.2) is 0 Å². The molecule has 34 heavy (non-hydrogen) atoms. The Morgan fingerprint density at radius 1 is 0.971 bits per heavy atom. The second kappa shape index (κ2) is 11.5. The van der Waals surface area contributed by atoms with Gasteiger partial charge < -0.3 is 14.8 Å². The van der Waals surface area contributed by atoms with Crippen LogP contribution in [0.2, 0.25) is 0 Å². The Hall–Kier alpha value is -2.16. The third-order valence-corrected chi connectivity index (χ3v) is 5.21. The maximum Gasteiger partial charge on any atom is 0.408 e. The Bertz CT molecular complexity index is 751. The summed E-state index contributed by atoms with van der Waals surface area (Å²) >= 11 is 0. The molecule has 0 spiro atoms. The molecule has 0 aliphatic carbocycles. The zero-order chi connectivity index (χ0) is 26.6. The van der Waals surface area contributed by atoms with Gasteiger partial charge in [0.25, 0.3) is 5.91 Å². The average molecular weight is 484 g/mol. The molecule has 1 rings (SSSR count). The lowest BCUT2D eigenvalue weighted by Crippen LogP contribution is -2.57. The van der Waals surface area contributed by atoms with Crippen molar-refractivity contribution in [1.29, 1.82) is 0 Å². The second-order valence-corrected chi connectivity index (χ2v) is 11.9. The minimum absolute atomic E-state index is 0.0695. The zero-order valence-electron chi connectivity index (χ0n) is 22.8. The second-order valence-electron chi connectivity index (χ2n) is 11.9. The van der Waals surface area contributed by atoms with Gasteiger partial charge >= 0.3 is 12.1 Å². The first-order valence-corrected chi connectivity index (χ1v) is 12.2. The number of esters is 1. The Balaban J connectivity index is 3.10. The van der Waals surface area contributed by atoms with Crippen LogP contribution in [0.15, 0.2) is 0 Å². The van der Waals surface area contributed by atoms with E-state index in [0.29, 0.717) is 6.42 Å². The van der Waals surface area contributed by atoms with Crippen molar-refractivity contribution in [3.63, 3.8) is 0 Å². The summed E-state index contributed by atoms with van der Waals surface area (Å²) in [6.07, 6.45) is -0.269. The number of imide groups is 1. The normalized spacial score (nSPS) is 21.0. The van der Waals surface area contributed by atoms with Crippen molar-refractivity contribution in [3.8, 4) is 0 Å². The Kier molecular flexibility index (Phi) is 10.1. The number of hydrogen-bond acceptors (Lipinski definition) is 7. The van der Waals surface area contributed by atoms with Crippen molar-refractivity contribution in [1.82, 2.24) is 15.5 Å². The van der Waals surface area contributed by atoms with Crippen LogP contribution in [0.3, 0.4) is 0 Å². The van der Waals surface area contributed by atoms with Crippen molar-refractivity contribution in [3.05, 3.63) is 0 Å². The molecule has 2 N–H and O–H groups in total. The molecular formula is C25H45N3O6. The summed E-state index contributed by atoms with van der Waals surface area (Å²) in [5.74, 6) is -1.19. The van der Waals surface area contributed by atoms with Gasteiger partial charge in [0.05, 0.1) is 6.04 Å². The molecule has 0 radical (unpaired) electrons. The predicted molar refractivity (Wildman–Crippen MR) is 130 cm³/mol. The van der Waals surface area contributed by atoms with E-state index in [4.69, 9.17) is 9.47 Å². The molecule has 9 nitrogen and oxygen atoms in total. The van der Waals surface area contributed by atoms with E-state index >= 15 is 0 Å². The standard InChI is InChI=1S/C25H45N3O6/c1-14(2)12-18(27-23(32)34-25(9,10)11)21(30)28-19(29)13-17(20(28)15(3)4)26-16(5)22(31)33-24(6,7)8/h14-18,20,26H,12-13H2,1-11H3,(H,27,32)/t16-,17-,18-,20-/m0/s1. The molecular weight excluding hydrogens is 438 g/mol. The van der Waals surface area contributed by atoms with Crippen molar-refractivity contribution < 1.29 is 28.7 Å². The predicted octanol–water partition coefficient (Wildman–Crippen LogP) is 3.40. The van der Waals surface area contributed by atoms with E-state index in [2.05, 4.69) is 10.6 Å². The number of nitrogens with one attached hydrogen (secondary N) is 2. The molecule has 0 bridgehead atoms. The van der Waals surface area contributed by atoms with Gasteiger partial charge in [0, 0.05) is 12.5 Å². The van der Waals surface area contributed by atoms with Crippen molar-refractivity contribution in [2.45, 2.75) is 124 Å². The molecule has 0 aromatic rings.